The van der Waals surface area contributed by atoms with Crippen LogP contribution in [0, 0.1) is 0 Å². The molecule has 1 nitrogen and oxygen atoms in total. The molecule has 0 rings (SSSR count). The summed E-state index contributed by atoms with van der Waals surface area (Å²) in [4.78, 5) is 0. The zero-order valence-corrected chi connectivity index (χ0v) is 7.03. The summed E-state index contributed by atoms with van der Waals surface area (Å²) in [5.74, 6) is 0. The maximum absolute atomic E-state index is 5.38. The molecule has 0 saturated carbocycles. The Morgan fingerprint density at radius 2 is 2.11 bits per heavy atom. The van der Waals surface area contributed by atoms with Crippen molar-refractivity contribution >= 4 is 12.6 Å². The predicted molar refractivity (Wildman–Crippen MR) is 46.0 cm³/mol. The summed E-state index contributed by atoms with van der Waals surface area (Å²) in [6.45, 7) is 2.92. The zero-order chi connectivity index (χ0) is 7.11. The third-order valence-corrected chi connectivity index (χ3v) is 1.88. The summed E-state index contributed by atoms with van der Waals surface area (Å²) in [7, 11) is 0. The van der Waals surface area contributed by atoms with E-state index >= 15 is 0 Å². The number of rotatable bonds is 5. The highest BCUT2D eigenvalue weighted by molar-refractivity contribution is 7.81. The molecule has 0 unspecified atom stereocenters. The standard InChI is InChI=1S/C7H17NS/c1-2-3-4-5-7(9)6-8/h7,9H,2-6,8H2,1H3/t7-/m1/s1. The van der Waals surface area contributed by atoms with Crippen LogP contribution in [-0.4, -0.2) is 11.8 Å². The smallest absolute Gasteiger partial charge is 0.0140 e. The number of hydrogen-bond donors (Lipinski definition) is 2. The second-order valence-corrected chi connectivity index (χ2v) is 3.12. The van der Waals surface area contributed by atoms with Crippen LogP contribution in [0.25, 0.3) is 0 Å². The Kier molecular flexibility index (Phi) is 6.65. The molecule has 0 saturated heterocycles. The average Bonchev–Trinajstić information content (AvgIpc) is 1.89. The van der Waals surface area contributed by atoms with Crippen molar-refractivity contribution in [3.05, 3.63) is 0 Å². The lowest BCUT2D eigenvalue weighted by atomic mass is 10.1. The lowest BCUT2D eigenvalue weighted by Crippen LogP contribution is -2.13. The van der Waals surface area contributed by atoms with Gasteiger partial charge in [0.2, 0.25) is 0 Å². The second kappa shape index (κ2) is 6.43. The Morgan fingerprint density at radius 3 is 2.56 bits per heavy atom. The lowest BCUT2D eigenvalue weighted by Gasteiger charge is -2.04. The average molecular weight is 147 g/mol. The first kappa shape index (κ1) is 9.31. The fourth-order valence-electron chi connectivity index (χ4n) is 0.748. The second-order valence-electron chi connectivity index (χ2n) is 2.39. The minimum absolute atomic E-state index is 0.427. The van der Waals surface area contributed by atoms with Crippen molar-refractivity contribution in [3.63, 3.8) is 0 Å². The van der Waals surface area contributed by atoms with Crippen LogP contribution in [0.4, 0.5) is 0 Å². The normalized spacial score (nSPS) is 13.7. The molecule has 0 aromatic heterocycles. The van der Waals surface area contributed by atoms with E-state index < -0.39 is 0 Å². The van der Waals surface area contributed by atoms with Gasteiger partial charge in [-0.25, -0.2) is 0 Å². The Hall–Kier alpha value is 0.310. The van der Waals surface area contributed by atoms with Gasteiger partial charge in [-0.05, 0) is 6.42 Å². The first-order chi connectivity index (χ1) is 4.31. The third kappa shape index (κ3) is 6.19. The molecule has 0 aromatic rings. The maximum atomic E-state index is 5.38. The fraction of sp³-hybridized carbons (Fsp3) is 1.00. The van der Waals surface area contributed by atoms with Crippen molar-refractivity contribution in [2.45, 2.75) is 37.9 Å². The van der Waals surface area contributed by atoms with Gasteiger partial charge in [-0.3, -0.25) is 0 Å². The molecule has 0 aliphatic heterocycles. The number of unbranched alkanes of at least 4 members (excludes halogenated alkanes) is 2. The van der Waals surface area contributed by atoms with Crippen LogP contribution in [0.2, 0.25) is 0 Å². The van der Waals surface area contributed by atoms with Crippen LogP contribution in [0.15, 0.2) is 0 Å². The lowest BCUT2D eigenvalue weighted by molar-refractivity contribution is 0.650. The molecule has 0 amide bonds. The van der Waals surface area contributed by atoms with Crippen molar-refractivity contribution in [3.8, 4) is 0 Å². The molecule has 0 heterocycles. The summed E-state index contributed by atoms with van der Waals surface area (Å²) in [5.41, 5.74) is 5.38. The summed E-state index contributed by atoms with van der Waals surface area (Å²) in [6.07, 6.45) is 5.05. The maximum Gasteiger partial charge on any atom is 0.0140 e. The van der Waals surface area contributed by atoms with Crippen LogP contribution in [-0.2, 0) is 0 Å². The first-order valence-electron chi connectivity index (χ1n) is 3.69. The highest BCUT2D eigenvalue weighted by Gasteiger charge is 1.97. The molecule has 9 heavy (non-hydrogen) atoms. The SMILES string of the molecule is CCCCC[C@@H](S)CN. The molecular formula is C7H17NS. The molecule has 2 N–H and O–H groups in total. The largest absolute Gasteiger partial charge is 0.329 e. The first-order valence-corrected chi connectivity index (χ1v) is 4.21. The molecule has 0 aliphatic rings. The molecule has 0 spiro atoms. The highest BCUT2D eigenvalue weighted by atomic mass is 32.1. The minimum atomic E-state index is 0.427. The third-order valence-electron chi connectivity index (χ3n) is 1.41. The predicted octanol–water partition coefficient (Wildman–Crippen LogP) is 1.82. The zero-order valence-electron chi connectivity index (χ0n) is 6.14. The minimum Gasteiger partial charge on any atom is -0.329 e. The number of nitrogens with two attached hydrogens (primary N) is 1. The van der Waals surface area contributed by atoms with E-state index in [-0.39, 0.29) is 0 Å². The van der Waals surface area contributed by atoms with Gasteiger partial charge in [0.15, 0.2) is 0 Å². The van der Waals surface area contributed by atoms with Crippen LogP contribution < -0.4 is 5.73 Å². The van der Waals surface area contributed by atoms with Gasteiger partial charge < -0.3 is 5.73 Å². The van der Waals surface area contributed by atoms with Crippen molar-refractivity contribution in [1.29, 1.82) is 0 Å². The topological polar surface area (TPSA) is 26.0 Å². The van der Waals surface area contributed by atoms with E-state index in [1.807, 2.05) is 0 Å². The van der Waals surface area contributed by atoms with Crippen LogP contribution in [0.3, 0.4) is 0 Å². The van der Waals surface area contributed by atoms with Crippen LogP contribution >= 0.6 is 12.6 Å². The molecule has 0 fully saturated rings. The van der Waals surface area contributed by atoms with Gasteiger partial charge >= 0.3 is 0 Å². The summed E-state index contributed by atoms with van der Waals surface area (Å²) < 4.78 is 0. The quantitative estimate of drug-likeness (QED) is 0.450. The Bertz CT molecular complexity index is 56.9. The van der Waals surface area contributed by atoms with Crippen LogP contribution in [0.5, 0.6) is 0 Å². The van der Waals surface area contributed by atoms with E-state index in [9.17, 15) is 0 Å². The van der Waals surface area contributed by atoms with Gasteiger partial charge in [0.1, 0.15) is 0 Å². The summed E-state index contributed by atoms with van der Waals surface area (Å²) in [6, 6.07) is 0. The van der Waals surface area contributed by atoms with E-state index in [4.69, 9.17) is 5.73 Å². The monoisotopic (exact) mass is 147 g/mol. The van der Waals surface area contributed by atoms with E-state index in [1.165, 1.54) is 25.7 Å². The Labute approximate surface area is 63.4 Å². The van der Waals surface area contributed by atoms with E-state index in [0.29, 0.717) is 11.8 Å². The summed E-state index contributed by atoms with van der Waals surface area (Å²) in [5, 5.41) is 0.427. The molecular weight excluding hydrogens is 130 g/mol. The molecule has 56 valence electrons. The van der Waals surface area contributed by atoms with Gasteiger partial charge in [0, 0.05) is 11.8 Å². The van der Waals surface area contributed by atoms with Gasteiger partial charge in [-0.1, -0.05) is 26.2 Å². The number of thiol groups is 1. The van der Waals surface area contributed by atoms with E-state index in [0.717, 1.165) is 0 Å². The molecule has 0 aromatic carbocycles. The van der Waals surface area contributed by atoms with Crippen molar-refractivity contribution in [2.75, 3.05) is 6.54 Å². The van der Waals surface area contributed by atoms with E-state index in [1.54, 1.807) is 0 Å². The summed E-state index contributed by atoms with van der Waals surface area (Å²) >= 11 is 4.28. The van der Waals surface area contributed by atoms with Crippen molar-refractivity contribution in [1.82, 2.24) is 0 Å². The fourth-order valence-corrected chi connectivity index (χ4v) is 0.930. The van der Waals surface area contributed by atoms with Gasteiger partial charge in [0.25, 0.3) is 0 Å². The molecule has 0 radical (unpaired) electrons. The highest BCUT2D eigenvalue weighted by Crippen LogP contribution is 2.06. The van der Waals surface area contributed by atoms with Gasteiger partial charge in [-0.15, -0.1) is 0 Å². The number of hydrogen-bond acceptors (Lipinski definition) is 2. The van der Waals surface area contributed by atoms with Crippen molar-refractivity contribution < 1.29 is 0 Å². The Morgan fingerprint density at radius 1 is 1.44 bits per heavy atom. The molecule has 0 aliphatic carbocycles. The van der Waals surface area contributed by atoms with Gasteiger partial charge in [-0.2, -0.15) is 12.6 Å². The van der Waals surface area contributed by atoms with E-state index in [2.05, 4.69) is 19.6 Å². The van der Waals surface area contributed by atoms with Gasteiger partial charge in [0.05, 0.1) is 0 Å². The Balaban J connectivity index is 2.88. The molecule has 0 bridgehead atoms. The molecule has 1 atom stereocenters. The van der Waals surface area contributed by atoms with Crippen molar-refractivity contribution in [2.24, 2.45) is 5.73 Å². The molecule has 2 heteroatoms. The van der Waals surface area contributed by atoms with Crippen LogP contribution in [0.1, 0.15) is 32.6 Å².